The van der Waals surface area contributed by atoms with Crippen LogP contribution in [0.25, 0.3) is 22.0 Å². The number of halogens is 1. The Hall–Kier alpha value is -4.51. The molecule has 152 valence electrons. The van der Waals surface area contributed by atoms with Crippen LogP contribution in [0.4, 0.5) is 10.1 Å². The number of ether oxygens (including phenoxy) is 1. The van der Waals surface area contributed by atoms with E-state index in [-0.39, 0.29) is 18.2 Å². The highest BCUT2D eigenvalue weighted by molar-refractivity contribution is 5.94. The molecule has 3 aromatic carbocycles. The van der Waals surface area contributed by atoms with Gasteiger partial charge in [-0.25, -0.2) is 4.39 Å². The van der Waals surface area contributed by atoms with Crippen LogP contribution in [-0.4, -0.2) is 22.6 Å². The lowest BCUT2D eigenvalue weighted by Crippen LogP contribution is -2.07. The second-order valence-electron chi connectivity index (χ2n) is 6.61. The summed E-state index contributed by atoms with van der Waals surface area (Å²) in [5, 5.41) is 26.4. The summed E-state index contributed by atoms with van der Waals surface area (Å²) in [5.74, 6) is -1.00. The molecule has 0 unspecified atom stereocenters. The average molecular weight is 414 g/mol. The van der Waals surface area contributed by atoms with Crippen LogP contribution in [0.1, 0.15) is 5.56 Å². The number of nitriles is 1. The smallest absolute Gasteiger partial charge is 0.302 e. The number of hydrogen-bond acceptors (Lipinski definition) is 5. The number of aromatic amines is 1. The van der Waals surface area contributed by atoms with E-state index < -0.39 is 11.7 Å². The van der Waals surface area contributed by atoms with Gasteiger partial charge in [0.05, 0.1) is 17.1 Å². The van der Waals surface area contributed by atoms with Crippen LogP contribution in [0.3, 0.4) is 0 Å². The van der Waals surface area contributed by atoms with Crippen LogP contribution >= 0.6 is 0 Å². The first-order valence-corrected chi connectivity index (χ1v) is 9.21. The summed E-state index contributed by atoms with van der Waals surface area (Å²) < 4.78 is 18.9. The third kappa shape index (κ3) is 4.41. The van der Waals surface area contributed by atoms with Gasteiger partial charge in [-0.1, -0.05) is 24.3 Å². The van der Waals surface area contributed by atoms with Crippen LogP contribution in [0.5, 0.6) is 11.6 Å². The minimum atomic E-state index is -0.665. The van der Waals surface area contributed by atoms with Crippen molar-refractivity contribution in [3.05, 3.63) is 78.1 Å². The Kier molecular flexibility index (Phi) is 5.41. The van der Waals surface area contributed by atoms with Gasteiger partial charge in [0.1, 0.15) is 11.6 Å². The van der Waals surface area contributed by atoms with Crippen LogP contribution in [0.15, 0.2) is 77.0 Å². The Morgan fingerprint density at radius 1 is 1.06 bits per heavy atom. The van der Waals surface area contributed by atoms with Crippen LogP contribution in [0, 0.1) is 17.1 Å². The number of aromatic nitrogens is 1. The SMILES string of the molecule is N#Cc1ccc(-c2ccc(OCC(=O)N=Nc3c(O)[nH]c4ccc(F)cc34)cc2)cc1. The molecule has 0 fully saturated rings. The predicted octanol–water partition coefficient (Wildman–Crippen LogP) is 5.24. The largest absolute Gasteiger partial charge is 0.493 e. The lowest BCUT2D eigenvalue weighted by molar-refractivity contribution is -0.120. The van der Waals surface area contributed by atoms with Crippen molar-refractivity contribution in [2.45, 2.75) is 0 Å². The molecule has 0 atom stereocenters. The maximum absolute atomic E-state index is 13.4. The number of H-pyrrole nitrogens is 1. The van der Waals surface area contributed by atoms with E-state index in [1.807, 2.05) is 24.3 Å². The summed E-state index contributed by atoms with van der Waals surface area (Å²) >= 11 is 0. The number of carbonyl (C=O) groups excluding carboxylic acids is 1. The first-order chi connectivity index (χ1) is 15.0. The van der Waals surface area contributed by atoms with Gasteiger partial charge >= 0.3 is 5.91 Å². The topological polar surface area (TPSA) is 111 Å². The van der Waals surface area contributed by atoms with Gasteiger partial charge in [-0.3, -0.25) is 4.79 Å². The summed E-state index contributed by atoms with van der Waals surface area (Å²) in [5.41, 5.74) is 2.92. The lowest BCUT2D eigenvalue weighted by Gasteiger charge is -2.05. The predicted molar refractivity (Wildman–Crippen MR) is 112 cm³/mol. The molecule has 0 spiro atoms. The number of amides is 1. The average Bonchev–Trinajstić information content (AvgIpc) is 3.10. The molecule has 0 bridgehead atoms. The number of rotatable bonds is 5. The first kappa shape index (κ1) is 19.8. The Morgan fingerprint density at radius 3 is 2.42 bits per heavy atom. The maximum atomic E-state index is 13.4. The summed E-state index contributed by atoms with van der Waals surface area (Å²) in [6.45, 7) is -0.350. The highest BCUT2D eigenvalue weighted by Crippen LogP contribution is 2.35. The van der Waals surface area contributed by atoms with E-state index in [0.717, 1.165) is 11.1 Å². The van der Waals surface area contributed by atoms with Crippen molar-refractivity contribution < 1.29 is 19.0 Å². The Labute approximate surface area is 176 Å². The number of nitrogens with zero attached hydrogens (tertiary/aromatic N) is 3. The van der Waals surface area contributed by atoms with Crippen molar-refractivity contribution in [3.63, 3.8) is 0 Å². The number of nitrogens with one attached hydrogen (secondary N) is 1. The van der Waals surface area contributed by atoms with Gasteiger partial charge in [0.25, 0.3) is 0 Å². The molecule has 0 aliphatic heterocycles. The van der Waals surface area contributed by atoms with Crippen molar-refractivity contribution in [1.82, 2.24) is 4.98 Å². The third-order valence-corrected chi connectivity index (χ3v) is 4.54. The lowest BCUT2D eigenvalue weighted by atomic mass is 10.0. The van der Waals surface area contributed by atoms with E-state index >= 15 is 0 Å². The van der Waals surface area contributed by atoms with E-state index in [2.05, 4.69) is 21.3 Å². The molecule has 8 heteroatoms. The molecule has 0 aliphatic carbocycles. The standard InChI is InChI=1S/C23H15FN4O3/c24-17-7-10-20-19(11-17)22(23(30)26-20)28-27-21(29)13-31-18-8-5-16(6-9-18)15-3-1-14(12-25)2-4-15/h1-11,26,30H,13H2. The van der Waals surface area contributed by atoms with Gasteiger partial charge in [0.15, 0.2) is 12.3 Å². The second-order valence-corrected chi connectivity index (χ2v) is 6.61. The molecule has 2 N–H and O–H groups in total. The Bertz CT molecular complexity index is 1320. The molecule has 0 saturated carbocycles. The highest BCUT2D eigenvalue weighted by atomic mass is 19.1. The number of benzene rings is 3. The van der Waals surface area contributed by atoms with Gasteiger partial charge in [0.2, 0.25) is 5.88 Å². The van der Waals surface area contributed by atoms with Gasteiger partial charge in [-0.2, -0.15) is 5.26 Å². The van der Waals surface area contributed by atoms with Gasteiger partial charge in [-0.05, 0) is 53.6 Å². The van der Waals surface area contributed by atoms with Crippen molar-refractivity contribution in [2.24, 2.45) is 10.2 Å². The fraction of sp³-hybridized carbons (Fsp3) is 0.0435. The maximum Gasteiger partial charge on any atom is 0.302 e. The number of azo groups is 1. The second kappa shape index (κ2) is 8.47. The van der Waals surface area contributed by atoms with Crippen molar-refractivity contribution in [2.75, 3.05) is 6.61 Å². The third-order valence-electron chi connectivity index (χ3n) is 4.54. The summed E-state index contributed by atoms with van der Waals surface area (Å²) in [7, 11) is 0. The number of carbonyl (C=O) groups is 1. The molecule has 31 heavy (non-hydrogen) atoms. The van der Waals surface area contributed by atoms with Crippen molar-refractivity contribution in [3.8, 4) is 28.8 Å². The fourth-order valence-electron chi connectivity index (χ4n) is 3.00. The van der Waals surface area contributed by atoms with E-state index in [0.29, 0.717) is 22.2 Å². The molecular weight excluding hydrogens is 399 g/mol. The van der Waals surface area contributed by atoms with E-state index in [1.165, 1.54) is 18.2 Å². The zero-order chi connectivity index (χ0) is 21.8. The highest BCUT2D eigenvalue weighted by Gasteiger charge is 2.12. The van der Waals surface area contributed by atoms with E-state index in [9.17, 15) is 14.3 Å². The fourth-order valence-corrected chi connectivity index (χ4v) is 3.00. The molecular formula is C23H15FN4O3. The zero-order valence-corrected chi connectivity index (χ0v) is 16.0. The quantitative estimate of drug-likeness (QED) is 0.435. The summed E-state index contributed by atoms with van der Waals surface area (Å²) in [4.78, 5) is 14.6. The molecule has 0 aliphatic rings. The van der Waals surface area contributed by atoms with Gasteiger partial charge in [0, 0.05) is 5.39 Å². The van der Waals surface area contributed by atoms with Crippen molar-refractivity contribution in [1.29, 1.82) is 5.26 Å². The number of aromatic hydroxyl groups is 1. The molecule has 1 heterocycles. The van der Waals surface area contributed by atoms with Crippen LogP contribution in [0.2, 0.25) is 0 Å². The normalized spacial score (nSPS) is 11.0. The van der Waals surface area contributed by atoms with E-state index in [1.54, 1.807) is 24.3 Å². The molecule has 0 radical (unpaired) electrons. The minimum Gasteiger partial charge on any atom is -0.493 e. The Morgan fingerprint density at radius 2 is 1.74 bits per heavy atom. The van der Waals surface area contributed by atoms with Gasteiger partial charge < -0.3 is 14.8 Å². The molecule has 7 nitrogen and oxygen atoms in total. The van der Waals surface area contributed by atoms with Crippen LogP contribution < -0.4 is 4.74 Å². The minimum absolute atomic E-state index is 0.0189. The molecule has 4 rings (SSSR count). The monoisotopic (exact) mass is 414 g/mol. The first-order valence-electron chi connectivity index (χ1n) is 9.21. The van der Waals surface area contributed by atoms with Crippen LogP contribution in [-0.2, 0) is 4.79 Å². The summed E-state index contributed by atoms with van der Waals surface area (Å²) in [6, 6.07) is 20.2. The Balaban J connectivity index is 1.39. The molecule has 0 saturated heterocycles. The van der Waals surface area contributed by atoms with Crippen molar-refractivity contribution >= 4 is 22.5 Å². The molecule has 1 aromatic heterocycles. The summed E-state index contributed by atoms with van der Waals surface area (Å²) in [6.07, 6.45) is 0. The van der Waals surface area contributed by atoms with Gasteiger partial charge in [-0.15, -0.1) is 10.2 Å². The number of hydrogen-bond donors (Lipinski definition) is 2. The number of fused-ring (bicyclic) bond motifs is 1. The zero-order valence-electron chi connectivity index (χ0n) is 16.0. The molecule has 1 amide bonds. The van der Waals surface area contributed by atoms with E-state index in [4.69, 9.17) is 10.00 Å². The molecule has 4 aromatic rings.